The third-order valence-corrected chi connectivity index (χ3v) is 7.00. The van der Waals surface area contributed by atoms with E-state index in [-0.39, 0.29) is 27.7 Å². The van der Waals surface area contributed by atoms with Gasteiger partial charge in [-0.1, -0.05) is 40.0 Å². The highest BCUT2D eigenvalue weighted by atomic mass is 35.5. The van der Waals surface area contributed by atoms with Crippen LogP contribution in [0.15, 0.2) is 59.7 Å². The lowest BCUT2D eigenvalue weighted by atomic mass is 10.0. The standard InChI is InChI=1S/C25H17Cl3N8O3/c26-13-1-5-18(35-11-20(27)33-34-35)16(9-13)12-7-14-2-6-19(36(14)21(37)8-12)24-31-22(23(28)32-24)17-4-3-15(10-30-17)39-25(29)38/h1,3-5,7-11,19H,2,6H2,(H2,29,38)(H,31,32)/t19-/m0/s1. The Morgan fingerprint density at radius 1 is 1.13 bits per heavy atom. The van der Waals surface area contributed by atoms with Gasteiger partial charge in [-0.15, -0.1) is 5.10 Å². The minimum absolute atomic E-state index is 0.198. The van der Waals surface area contributed by atoms with Crippen molar-refractivity contribution in [1.29, 1.82) is 0 Å². The lowest BCUT2D eigenvalue weighted by Crippen LogP contribution is -2.24. The Kier molecular flexibility index (Phi) is 6.34. The quantitative estimate of drug-likeness (QED) is 0.301. The molecule has 1 aromatic carbocycles. The average Bonchev–Trinajstić information content (AvgIpc) is 3.62. The van der Waals surface area contributed by atoms with Gasteiger partial charge in [0.1, 0.15) is 11.5 Å². The molecule has 1 atom stereocenters. The zero-order valence-corrected chi connectivity index (χ0v) is 22.1. The molecule has 0 radical (unpaired) electrons. The van der Waals surface area contributed by atoms with Gasteiger partial charge in [-0.2, -0.15) is 0 Å². The number of amides is 1. The van der Waals surface area contributed by atoms with E-state index in [4.69, 9.17) is 45.3 Å². The van der Waals surface area contributed by atoms with Crippen molar-refractivity contribution in [3.63, 3.8) is 0 Å². The van der Waals surface area contributed by atoms with Crippen LogP contribution in [0.4, 0.5) is 4.79 Å². The Balaban J connectivity index is 1.35. The molecule has 1 amide bonds. The molecule has 11 nitrogen and oxygen atoms in total. The summed E-state index contributed by atoms with van der Waals surface area (Å²) >= 11 is 18.7. The van der Waals surface area contributed by atoms with Gasteiger partial charge in [0.25, 0.3) is 5.56 Å². The van der Waals surface area contributed by atoms with Crippen molar-refractivity contribution in [2.45, 2.75) is 18.9 Å². The molecule has 14 heteroatoms. The number of aryl methyl sites for hydroxylation is 1. The Hall–Kier alpha value is -4.19. The van der Waals surface area contributed by atoms with Crippen LogP contribution in [0.25, 0.3) is 28.2 Å². The number of rotatable bonds is 5. The van der Waals surface area contributed by atoms with Crippen LogP contribution < -0.4 is 16.0 Å². The monoisotopic (exact) mass is 582 g/mol. The van der Waals surface area contributed by atoms with Gasteiger partial charge in [0.15, 0.2) is 16.1 Å². The predicted octanol–water partition coefficient (Wildman–Crippen LogP) is 4.83. The third kappa shape index (κ3) is 4.76. The fourth-order valence-electron chi connectivity index (χ4n) is 4.71. The number of primary amides is 1. The number of nitrogens with two attached hydrogens (primary N) is 1. The molecule has 0 bridgehead atoms. The first-order valence-electron chi connectivity index (χ1n) is 11.6. The number of carbonyl (C=O) groups excluding carboxylic acids is 1. The summed E-state index contributed by atoms with van der Waals surface area (Å²) in [6.07, 6.45) is 3.28. The van der Waals surface area contributed by atoms with E-state index >= 15 is 0 Å². The minimum atomic E-state index is -0.936. The third-order valence-electron chi connectivity index (χ3n) is 6.32. The Morgan fingerprint density at radius 3 is 2.69 bits per heavy atom. The molecule has 0 aliphatic carbocycles. The first-order valence-corrected chi connectivity index (χ1v) is 12.7. The van der Waals surface area contributed by atoms with Crippen LogP contribution in [0.1, 0.15) is 24.0 Å². The van der Waals surface area contributed by atoms with Gasteiger partial charge < -0.3 is 20.0 Å². The van der Waals surface area contributed by atoms with Crippen molar-refractivity contribution < 1.29 is 9.53 Å². The molecule has 1 aliphatic rings. The molecule has 1 aliphatic heterocycles. The zero-order valence-electron chi connectivity index (χ0n) is 19.8. The van der Waals surface area contributed by atoms with Crippen LogP contribution in [0.3, 0.4) is 0 Å². The van der Waals surface area contributed by atoms with Crippen LogP contribution in [-0.2, 0) is 6.42 Å². The molecule has 39 heavy (non-hydrogen) atoms. The Bertz CT molecular complexity index is 1800. The summed E-state index contributed by atoms with van der Waals surface area (Å²) in [7, 11) is 0. The van der Waals surface area contributed by atoms with Crippen molar-refractivity contribution in [2.24, 2.45) is 5.73 Å². The average molecular weight is 584 g/mol. The number of nitrogens with one attached hydrogen (secondary N) is 1. The second-order valence-electron chi connectivity index (χ2n) is 8.73. The molecular weight excluding hydrogens is 567 g/mol. The highest BCUT2D eigenvalue weighted by Gasteiger charge is 2.29. The summed E-state index contributed by atoms with van der Waals surface area (Å²) in [5, 5.41) is 8.86. The van der Waals surface area contributed by atoms with E-state index in [1.807, 2.05) is 6.07 Å². The number of halogens is 3. The fraction of sp³-hybridized carbons (Fsp3) is 0.120. The lowest BCUT2D eigenvalue weighted by molar-refractivity contribution is 0.210. The van der Waals surface area contributed by atoms with Crippen LogP contribution in [0.5, 0.6) is 5.75 Å². The number of imidazole rings is 1. The van der Waals surface area contributed by atoms with Crippen molar-refractivity contribution in [3.8, 4) is 34.0 Å². The van der Waals surface area contributed by atoms with Crippen LogP contribution in [0, 0.1) is 0 Å². The molecular formula is C25H17Cl3N8O3. The summed E-state index contributed by atoms with van der Waals surface area (Å²) in [5.41, 5.74) is 8.72. The Labute approximate surface area is 235 Å². The topological polar surface area (TPSA) is 147 Å². The van der Waals surface area contributed by atoms with Crippen molar-refractivity contribution in [1.82, 2.24) is 34.5 Å². The zero-order chi connectivity index (χ0) is 27.3. The molecule has 0 fully saturated rings. The number of carbonyl (C=O) groups is 1. The molecule has 0 saturated carbocycles. The van der Waals surface area contributed by atoms with Gasteiger partial charge in [0, 0.05) is 22.3 Å². The molecule has 0 unspecified atom stereocenters. The van der Waals surface area contributed by atoms with Gasteiger partial charge in [-0.05, 0) is 54.8 Å². The van der Waals surface area contributed by atoms with Crippen LogP contribution >= 0.6 is 34.8 Å². The summed E-state index contributed by atoms with van der Waals surface area (Å²) in [6, 6.07) is 11.6. The van der Waals surface area contributed by atoms with Gasteiger partial charge in [0.05, 0.1) is 29.8 Å². The van der Waals surface area contributed by atoms with E-state index in [9.17, 15) is 9.59 Å². The molecule has 0 spiro atoms. The molecule has 5 heterocycles. The second kappa shape index (κ2) is 9.84. The summed E-state index contributed by atoms with van der Waals surface area (Å²) in [5.74, 6) is 0.729. The van der Waals surface area contributed by atoms with E-state index < -0.39 is 6.09 Å². The number of fused-ring (bicyclic) bond motifs is 1. The summed E-state index contributed by atoms with van der Waals surface area (Å²) in [4.78, 5) is 36.4. The summed E-state index contributed by atoms with van der Waals surface area (Å²) in [6.45, 7) is 0. The fourth-order valence-corrected chi connectivity index (χ4v) is 5.24. The number of aromatic amines is 1. The van der Waals surface area contributed by atoms with E-state index in [0.717, 1.165) is 5.69 Å². The maximum atomic E-state index is 13.4. The van der Waals surface area contributed by atoms with Gasteiger partial charge in [0.2, 0.25) is 0 Å². The normalized spacial score (nSPS) is 14.4. The highest BCUT2D eigenvalue weighted by Crippen LogP contribution is 2.36. The predicted molar refractivity (Wildman–Crippen MR) is 145 cm³/mol. The molecule has 6 rings (SSSR count). The molecule has 4 aromatic heterocycles. The van der Waals surface area contributed by atoms with E-state index in [1.54, 1.807) is 41.1 Å². The largest absolute Gasteiger partial charge is 0.410 e. The van der Waals surface area contributed by atoms with Crippen LogP contribution in [0.2, 0.25) is 15.3 Å². The van der Waals surface area contributed by atoms with Gasteiger partial charge >= 0.3 is 6.09 Å². The SMILES string of the molecule is NC(=O)Oc1ccc(-c2[nH]c([C@@H]3CCc4cc(-c5cc(Cl)ccc5-n5cc(Cl)nn5)cc(=O)n43)nc2Cl)nc1. The van der Waals surface area contributed by atoms with Gasteiger partial charge in [-0.3, -0.25) is 9.78 Å². The lowest BCUT2D eigenvalue weighted by Gasteiger charge is -2.15. The number of hydrogen-bond donors (Lipinski definition) is 2. The maximum absolute atomic E-state index is 13.4. The van der Waals surface area contributed by atoms with E-state index in [1.165, 1.54) is 16.9 Å². The first-order chi connectivity index (χ1) is 18.8. The highest BCUT2D eigenvalue weighted by molar-refractivity contribution is 6.32. The molecule has 3 N–H and O–H groups in total. The van der Waals surface area contributed by atoms with Crippen molar-refractivity contribution >= 4 is 40.9 Å². The van der Waals surface area contributed by atoms with Crippen molar-refractivity contribution in [3.05, 3.63) is 92.1 Å². The number of hydrogen-bond acceptors (Lipinski definition) is 7. The number of pyridine rings is 2. The molecule has 196 valence electrons. The van der Waals surface area contributed by atoms with E-state index in [0.29, 0.717) is 51.9 Å². The maximum Gasteiger partial charge on any atom is 0.410 e. The van der Waals surface area contributed by atoms with Crippen LogP contribution in [-0.4, -0.2) is 40.6 Å². The molecule has 0 saturated heterocycles. The van der Waals surface area contributed by atoms with E-state index in [2.05, 4.69) is 25.3 Å². The van der Waals surface area contributed by atoms with Crippen molar-refractivity contribution in [2.75, 3.05) is 0 Å². The molecule has 5 aromatic rings. The number of aromatic nitrogens is 7. The first kappa shape index (κ1) is 25.1. The van der Waals surface area contributed by atoms with Gasteiger partial charge in [-0.25, -0.2) is 14.5 Å². The smallest absolute Gasteiger partial charge is 0.409 e. The number of ether oxygens (including phenoxy) is 1. The number of H-pyrrole nitrogens is 1. The summed E-state index contributed by atoms with van der Waals surface area (Å²) < 4.78 is 8.05. The minimum Gasteiger partial charge on any atom is -0.409 e. The second-order valence-corrected chi connectivity index (χ2v) is 9.92. The number of benzene rings is 1. The Morgan fingerprint density at radius 2 is 1.97 bits per heavy atom. The number of nitrogens with zero attached hydrogens (tertiary/aromatic N) is 6.